The Morgan fingerprint density at radius 3 is 2.64 bits per heavy atom. The predicted molar refractivity (Wildman–Crippen MR) is 98.9 cm³/mol. The molecule has 1 aromatic carbocycles. The Bertz CT molecular complexity index is 841. The molecule has 8 heteroatoms. The average Bonchev–Trinajstić information content (AvgIpc) is 2.62. The van der Waals surface area contributed by atoms with E-state index in [0.717, 1.165) is 22.2 Å². The van der Waals surface area contributed by atoms with Gasteiger partial charge < -0.3 is 9.80 Å². The summed E-state index contributed by atoms with van der Waals surface area (Å²) in [5.41, 5.74) is 1.17. The summed E-state index contributed by atoms with van der Waals surface area (Å²) in [5.74, 6) is 0.848. The van der Waals surface area contributed by atoms with Crippen LogP contribution in [-0.2, 0) is 11.2 Å². The summed E-state index contributed by atoms with van der Waals surface area (Å²) in [6.45, 7) is 2.66. The number of nitrogens with zero attached hydrogens (tertiary/aromatic N) is 4. The van der Waals surface area contributed by atoms with Gasteiger partial charge in [0, 0.05) is 30.7 Å². The summed E-state index contributed by atoms with van der Waals surface area (Å²) in [7, 11) is 0. The molecule has 130 valence electrons. The summed E-state index contributed by atoms with van der Waals surface area (Å²) in [5, 5.41) is 19.2. The van der Waals surface area contributed by atoms with Gasteiger partial charge in [-0.15, -0.1) is 5.10 Å². The predicted octanol–water partition coefficient (Wildman–Crippen LogP) is 1.47. The van der Waals surface area contributed by atoms with E-state index in [1.54, 1.807) is 12.1 Å². The number of piperazine rings is 1. The molecular weight excluding hydrogens is 384 g/mol. The van der Waals surface area contributed by atoms with Crippen molar-refractivity contribution < 1.29 is 4.79 Å². The van der Waals surface area contributed by atoms with Crippen molar-refractivity contribution in [2.24, 2.45) is 0 Å². The van der Waals surface area contributed by atoms with Crippen LogP contribution in [0.1, 0.15) is 5.56 Å². The van der Waals surface area contributed by atoms with Crippen LogP contribution >= 0.6 is 15.9 Å². The van der Waals surface area contributed by atoms with Crippen molar-refractivity contribution in [3.8, 4) is 0 Å². The van der Waals surface area contributed by atoms with Gasteiger partial charge in [0.25, 0.3) is 0 Å². The maximum atomic E-state index is 12.5. The first-order valence-corrected chi connectivity index (χ1v) is 8.78. The van der Waals surface area contributed by atoms with Crippen LogP contribution in [0.3, 0.4) is 0 Å². The van der Waals surface area contributed by atoms with Crippen LogP contribution in [0, 0.1) is 10.8 Å². The molecule has 2 aromatic rings. The van der Waals surface area contributed by atoms with Crippen LogP contribution in [0.4, 0.5) is 5.82 Å². The van der Waals surface area contributed by atoms with E-state index in [0.29, 0.717) is 32.6 Å². The van der Waals surface area contributed by atoms with Crippen LogP contribution < -0.4 is 10.4 Å². The van der Waals surface area contributed by atoms with Crippen molar-refractivity contribution in [2.45, 2.75) is 6.42 Å². The maximum absolute atomic E-state index is 12.5. The quantitative estimate of drug-likeness (QED) is 0.599. The number of halogens is 1. The number of hydrogen-bond acceptors (Lipinski definition) is 5. The monoisotopic (exact) mass is 402 g/mol. The number of amides is 1. The second-order valence-electron chi connectivity index (χ2n) is 5.82. The average molecular weight is 403 g/mol. The van der Waals surface area contributed by atoms with Crippen LogP contribution in [0.25, 0.3) is 0 Å². The number of hydrogen-bond donors (Lipinski definition) is 2. The van der Waals surface area contributed by atoms with Gasteiger partial charge >= 0.3 is 0 Å². The lowest BCUT2D eigenvalue weighted by atomic mass is 10.1. The van der Waals surface area contributed by atoms with E-state index < -0.39 is 0 Å². The third-order valence-electron chi connectivity index (χ3n) is 4.17. The minimum absolute atomic E-state index is 0.127. The Kier molecular flexibility index (Phi) is 5.28. The first-order valence-electron chi connectivity index (χ1n) is 7.99. The first kappa shape index (κ1) is 17.3. The Balaban J connectivity index is 1.60. The highest BCUT2D eigenvalue weighted by atomic mass is 79.9. The molecule has 1 aromatic heterocycles. The van der Waals surface area contributed by atoms with Crippen LogP contribution in [0.2, 0.25) is 0 Å². The van der Waals surface area contributed by atoms with E-state index in [-0.39, 0.29) is 11.4 Å². The smallest absolute Gasteiger partial charge is 0.227 e. The second-order valence-corrected chi connectivity index (χ2v) is 6.74. The molecule has 0 radical (unpaired) electrons. The third-order valence-corrected chi connectivity index (χ3v) is 4.66. The van der Waals surface area contributed by atoms with E-state index in [2.05, 4.69) is 25.9 Å². The molecule has 0 spiro atoms. The Hall–Kier alpha value is -2.48. The minimum Gasteiger partial charge on any atom is -0.352 e. The lowest BCUT2D eigenvalue weighted by molar-refractivity contribution is -0.130. The minimum atomic E-state index is 0.127. The van der Waals surface area contributed by atoms with Crippen molar-refractivity contribution >= 4 is 34.0 Å². The first-order chi connectivity index (χ1) is 12.1. The number of carbonyl (C=O) groups is 1. The van der Waals surface area contributed by atoms with E-state index in [9.17, 15) is 4.79 Å². The van der Waals surface area contributed by atoms with E-state index >= 15 is 0 Å². The van der Waals surface area contributed by atoms with Gasteiger partial charge in [0.05, 0.1) is 6.42 Å². The van der Waals surface area contributed by atoms with E-state index in [1.807, 2.05) is 29.2 Å². The van der Waals surface area contributed by atoms with Gasteiger partial charge in [-0.3, -0.25) is 15.6 Å². The van der Waals surface area contributed by atoms with Gasteiger partial charge in [0.1, 0.15) is 17.6 Å². The molecule has 1 aliphatic heterocycles. The number of nitrogens with one attached hydrogen (secondary N) is 2. The highest BCUT2D eigenvalue weighted by Crippen LogP contribution is 2.15. The number of rotatable bonds is 4. The number of benzene rings is 1. The summed E-state index contributed by atoms with van der Waals surface area (Å²) in [6, 6.07) is 11.2. The van der Waals surface area contributed by atoms with Crippen molar-refractivity contribution in [1.29, 1.82) is 10.8 Å². The summed E-state index contributed by atoms with van der Waals surface area (Å²) in [6.07, 6.45) is 1.42. The standard InChI is InChI=1S/C17H19BrN6O/c18-14-3-1-2-13(10-14)11-17(25)23-8-6-22(7-9-23)16-5-4-15(20)24(12-19)21-16/h1-5,10,12,19-20H,6-9,11H2. The van der Waals surface area contributed by atoms with Gasteiger partial charge in [-0.1, -0.05) is 28.1 Å². The fraction of sp³-hybridized carbons (Fsp3) is 0.294. The number of carbonyl (C=O) groups excluding carboxylic acids is 1. The lowest BCUT2D eigenvalue weighted by Gasteiger charge is -2.35. The molecule has 0 aliphatic carbocycles. The molecule has 7 nitrogen and oxygen atoms in total. The van der Waals surface area contributed by atoms with Crippen LogP contribution in [0.5, 0.6) is 0 Å². The topological polar surface area (TPSA) is 89.1 Å². The fourth-order valence-corrected chi connectivity index (χ4v) is 3.26. The number of aromatic nitrogens is 2. The van der Waals surface area contributed by atoms with E-state index in [1.165, 1.54) is 4.68 Å². The van der Waals surface area contributed by atoms with E-state index in [4.69, 9.17) is 10.8 Å². The molecule has 0 bridgehead atoms. The van der Waals surface area contributed by atoms with Crippen molar-refractivity contribution in [1.82, 2.24) is 14.7 Å². The summed E-state index contributed by atoms with van der Waals surface area (Å²) >= 11 is 3.43. The lowest BCUT2D eigenvalue weighted by Crippen LogP contribution is -2.49. The largest absolute Gasteiger partial charge is 0.352 e. The molecule has 25 heavy (non-hydrogen) atoms. The molecule has 3 rings (SSSR count). The van der Waals surface area contributed by atoms with Gasteiger partial charge in [-0.25, -0.2) is 4.68 Å². The summed E-state index contributed by atoms with van der Waals surface area (Å²) < 4.78 is 2.20. The number of anilines is 1. The SMILES string of the molecule is N=Cn1nc(N2CCN(C(=O)Cc3cccc(Br)c3)CC2)ccc1=N. The zero-order valence-electron chi connectivity index (χ0n) is 13.7. The fourth-order valence-electron chi connectivity index (χ4n) is 2.81. The Labute approximate surface area is 154 Å². The van der Waals surface area contributed by atoms with Gasteiger partial charge in [-0.05, 0) is 29.8 Å². The van der Waals surface area contributed by atoms with Crippen LogP contribution in [0.15, 0.2) is 40.9 Å². The molecule has 0 atom stereocenters. The zero-order chi connectivity index (χ0) is 17.8. The molecule has 0 unspecified atom stereocenters. The van der Waals surface area contributed by atoms with Crippen molar-refractivity contribution in [2.75, 3.05) is 31.1 Å². The van der Waals surface area contributed by atoms with Crippen molar-refractivity contribution in [3.63, 3.8) is 0 Å². The highest BCUT2D eigenvalue weighted by Gasteiger charge is 2.22. The van der Waals surface area contributed by atoms with Gasteiger partial charge in [0.15, 0.2) is 0 Å². The molecule has 1 saturated heterocycles. The van der Waals surface area contributed by atoms with Gasteiger partial charge in [-0.2, -0.15) is 0 Å². The summed E-state index contributed by atoms with van der Waals surface area (Å²) in [4.78, 5) is 16.4. The van der Waals surface area contributed by atoms with Crippen LogP contribution in [-0.4, -0.2) is 53.1 Å². The molecule has 1 fully saturated rings. The molecule has 2 heterocycles. The third kappa shape index (κ3) is 4.14. The second kappa shape index (κ2) is 7.60. The van der Waals surface area contributed by atoms with Crippen molar-refractivity contribution in [3.05, 3.63) is 51.9 Å². The maximum Gasteiger partial charge on any atom is 0.227 e. The molecule has 1 aliphatic rings. The Morgan fingerprint density at radius 2 is 1.96 bits per heavy atom. The molecule has 0 saturated carbocycles. The molecule has 2 N–H and O–H groups in total. The normalized spacial score (nSPS) is 14.4. The molecule has 1 amide bonds. The van der Waals surface area contributed by atoms with Gasteiger partial charge in [0.2, 0.25) is 5.91 Å². The molecular formula is C17H19BrN6O. The Morgan fingerprint density at radius 1 is 1.20 bits per heavy atom. The highest BCUT2D eigenvalue weighted by molar-refractivity contribution is 9.10. The zero-order valence-corrected chi connectivity index (χ0v) is 15.2.